The molecule has 2 aliphatic heterocycles. The Labute approximate surface area is 91.0 Å². The predicted octanol–water partition coefficient (Wildman–Crippen LogP) is 2.83. The first-order valence-electron chi connectivity index (χ1n) is 4.78. The summed E-state index contributed by atoms with van der Waals surface area (Å²) >= 11 is 2.98. The van der Waals surface area contributed by atoms with Gasteiger partial charge in [-0.15, -0.1) is 0 Å². The van der Waals surface area contributed by atoms with Crippen LogP contribution in [0, 0.1) is 0 Å². The summed E-state index contributed by atoms with van der Waals surface area (Å²) in [5, 5.41) is 0. The molecule has 2 fully saturated rings. The van der Waals surface area contributed by atoms with Crippen LogP contribution < -0.4 is 0 Å². The van der Waals surface area contributed by atoms with Crippen molar-refractivity contribution in [2.45, 2.75) is 47.7 Å². The van der Waals surface area contributed by atoms with Crippen LogP contribution in [0.3, 0.4) is 0 Å². The van der Waals surface area contributed by atoms with Crippen molar-refractivity contribution >= 4 is 11.9 Å². The maximum absolute atomic E-state index is 5.46. The molecule has 0 radical (unpaired) electrons. The Hall–Kier alpha value is 1.34. The van der Waals surface area contributed by atoms with E-state index in [9.17, 15) is 0 Å². The Morgan fingerprint density at radius 2 is 2.00 bits per heavy atom. The van der Waals surface area contributed by atoms with E-state index in [2.05, 4.69) is 11.9 Å². The van der Waals surface area contributed by atoms with Gasteiger partial charge in [0.15, 0.2) is 0 Å². The molecule has 0 saturated carbocycles. The standard InChI is InChI=1S/C8H13O2.BrH.Hg/c1-3-7-5-2-6-8(4-1)10-9-7;;/h3,7-8H,1-2,4-6H2;1H;/q;;+1/p-1/t7-,8+;;/m1../s1. The summed E-state index contributed by atoms with van der Waals surface area (Å²) in [6, 6.07) is 0. The second-order valence-electron chi connectivity index (χ2n) is 3.78. The van der Waals surface area contributed by atoms with Gasteiger partial charge in [-0.25, -0.2) is 0 Å². The van der Waals surface area contributed by atoms with E-state index in [1.54, 1.807) is 0 Å². The zero-order chi connectivity index (χ0) is 8.39. The van der Waals surface area contributed by atoms with E-state index in [1.165, 1.54) is 32.1 Å². The summed E-state index contributed by atoms with van der Waals surface area (Å²) < 4.78 is 0.885. The Kier molecular flexibility index (Phi) is 3.88. The summed E-state index contributed by atoms with van der Waals surface area (Å²) in [6.45, 7) is 0. The Balaban J connectivity index is 2.03. The van der Waals surface area contributed by atoms with Crippen LogP contribution in [0.5, 0.6) is 0 Å². The zero-order valence-electron chi connectivity index (χ0n) is 7.17. The van der Waals surface area contributed by atoms with Gasteiger partial charge < -0.3 is 0 Å². The number of hydrogen-bond acceptors (Lipinski definition) is 2. The van der Waals surface area contributed by atoms with Gasteiger partial charge in [-0.2, -0.15) is 0 Å². The van der Waals surface area contributed by atoms with Gasteiger partial charge in [0, 0.05) is 0 Å². The van der Waals surface area contributed by atoms with Crippen LogP contribution in [-0.4, -0.2) is 12.2 Å². The quantitative estimate of drug-likeness (QED) is 0.479. The average molecular weight is 422 g/mol. The van der Waals surface area contributed by atoms with E-state index < -0.39 is 22.1 Å². The molecule has 0 N–H and O–H groups in total. The van der Waals surface area contributed by atoms with Crippen LogP contribution in [-0.2, 0) is 31.9 Å². The zero-order valence-corrected chi connectivity index (χ0v) is 14.3. The van der Waals surface area contributed by atoms with Crippen molar-refractivity contribution in [2.75, 3.05) is 0 Å². The van der Waals surface area contributed by atoms with Crippen molar-refractivity contribution < 1.29 is 31.9 Å². The molecular formula is C8H13BrHgO2. The van der Waals surface area contributed by atoms with Crippen molar-refractivity contribution in [1.82, 2.24) is 0 Å². The Bertz CT molecular complexity index is 156. The van der Waals surface area contributed by atoms with E-state index in [0.29, 0.717) is 12.2 Å². The summed E-state index contributed by atoms with van der Waals surface area (Å²) in [5.41, 5.74) is 0. The van der Waals surface area contributed by atoms with Crippen molar-refractivity contribution in [3.8, 4) is 0 Å². The molecule has 2 nitrogen and oxygen atoms in total. The van der Waals surface area contributed by atoms with Crippen molar-refractivity contribution in [3.05, 3.63) is 0 Å². The number of fused-ring (bicyclic) bond motifs is 3. The van der Waals surface area contributed by atoms with Crippen molar-refractivity contribution in [1.29, 1.82) is 0 Å². The molecule has 2 rings (SSSR count). The van der Waals surface area contributed by atoms with Crippen LogP contribution in [0.15, 0.2) is 0 Å². The molecule has 0 unspecified atom stereocenters. The fourth-order valence-corrected chi connectivity index (χ4v) is 12.1. The number of halogens is 1. The number of hydrogen-bond donors (Lipinski definition) is 0. The van der Waals surface area contributed by atoms with E-state index >= 15 is 0 Å². The summed E-state index contributed by atoms with van der Waals surface area (Å²) in [7, 11) is 0. The monoisotopic (exact) mass is 422 g/mol. The fourth-order valence-electron chi connectivity index (χ4n) is 2.06. The molecular weight excluding hydrogens is 409 g/mol. The predicted molar refractivity (Wildman–Crippen MR) is 45.5 cm³/mol. The molecule has 0 spiro atoms. The maximum atomic E-state index is 5.46. The fraction of sp³-hybridized carbons (Fsp3) is 1.00. The summed E-state index contributed by atoms with van der Waals surface area (Å²) in [5.74, 6) is 0. The molecule has 2 aliphatic rings. The van der Waals surface area contributed by atoms with E-state index in [0.717, 1.165) is 3.43 Å². The molecule has 0 aliphatic carbocycles. The Morgan fingerprint density at radius 3 is 2.83 bits per heavy atom. The van der Waals surface area contributed by atoms with E-state index in [-0.39, 0.29) is 0 Å². The van der Waals surface area contributed by atoms with Gasteiger partial charge >= 0.3 is 91.6 Å². The molecule has 2 heterocycles. The third kappa shape index (κ3) is 2.22. The number of rotatable bonds is 1. The topological polar surface area (TPSA) is 18.5 Å². The molecule has 2 bridgehead atoms. The van der Waals surface area contributed by atoms with E-state index in [4.69, 9.17) is 9.78 Å². The first kappa shape index (κ1) is 9.87. The first-order valence-corrected chi connectivity index (χ1v) is 19.9. The van der Waals surface area contributed by atoms with Gasteiger partial charge in [-0.3, -0.25) is 0 Å². The molecule has 0 aromatic heterocycles. The van der Waals surface area contributed by atoms with Crippen LogP contribution in [0.25, 0.3) is 0 Å². The van der Waals surface area contributed by atoms with Gasteiger partial charge in [0.1, 0.15) is 0 Å². The van der Waals surface area contributed by atoms with Gasteiger partial charge in [-0.1, -0.05) is 0 Å². The molecule has 4 heteroatoms. The van der Waals surface area contributed by atoms with Gasteiger partial charge in [0.2, 0.25) is 0 Å². The van der Waals surface area contributed by atoms with Gasteiger partial charge in [0.05, 0.1) is 0 Å². The minimum atomic E-state index is -0.780. The minimum absolute atomic E-state index is 0.410. The van der Waals surface area contributed by atoms with Crippen LogP contribution in [0.2, 0.25) is 3.43 Å². The van der Waals surface area contributed by atoms with Crippen LogP contribution in [0.1, 0.15) is 32.1 Å². The van der Waals surface area contributed by atoms with Crippen LogP contribution in [0.4, 0.5) is 0 Å². The molecule has 0 aromatic rings. The normalized spacial score (nSPS) is 41.6. The van der Waals surface area contributed by atoms with Crippen molar-refractivity contribution in [2.24, 2.45) is 0 Å². The molecule has 0 amide bonds. The molecule has 12 heavy (non-hydrogen) atoms. The van der Waals surface area contributed by atoms with Crippen molar-refractivity contribution in [3.63, 3.8) is 0 Å². The molecule has 66 valence electrons. The molecule has 0 aromatic carbocycles. The van der Waals surface area contributed by atoms with Crippen LogP contribution >= 0.6 is 11.9 Å². The van der Waals surface area contributed by atoms with Gasteiger partial charge in [-0.05, 0) is 0 Å². The molecule has 3 atom stereocenters. The second-order valence-corrected chi connectivity index (χ2v) is 14.7. The summed E-state index contributed by atoms with van der Waals surface area (Å²) in [4.78, 5) is 10.8. The third-order valence-electron chi connectivity index (χ3n) is 2.91. The third-order valence-corrected chi connectivity index (χ3v) is 15.4. The first-order chi connectivity index (χ1) is 5.90. The SMILES string of the molecule is [Br][Hg][C@H]1CC[C@H]2CCC[C@@H]1OO2. The average Bonchev–Trinajstić information content (AvgIpc) is 2.37. The molecule has 2 saturated heterocycles. The Morgan fingerprint density at radius 1 is 1.08 bits per heavy atom. The van der Waals surface area contributed by atoms with E-state index in [1.807, 2.05) is 0 Å². The van der Waals surface area contributed by atoms with Gasteiger partial charge in [0.25, 0.3) is 0 Å². The second kappa shape index (κ2) is 4.71. The summed E-state index contributed by atoms with van der Waals surface area (Å²) in [6.07, 6.45) is 7.17.